The lowest BCUT2D eigenvalue weighted by Gasteiger charge is -2.10. The van der Waals surface area contributed by atoms with Gasteiger partial charge in [-0.1, -0.05) is 0 Å². The SMILES string of the molecule is CC(C)NC(=O)CCOc1ccc(-c2nc(Nc3ccc4[nH]ncc4c3)n[nH]2)cc1F. The van der Waals surface area contributed by atoms with E-state index in [9.17, 15) is 9.18 Å². The molecule has 1 amide bonds. The molecular formula is C21H22FN7O2. The number of rotatable bonds is 8. The number of carbonyl (C=O) groups excluding carboxylic acids is 1. The first-order valence-electron chi connectivity index (χ1n) is 9.82. The number of aromatic nitrogens is 5. The first-order chi connectivity index (χ1) is 15.0. The molecule has 0 aliphatic rings. The lowest BCUT2D eigenvalue weighted by molar-refractivity contribution is -0.122. The second-order valence-corrected chi connectivity index (χ2v) is 7.27. The fourth-order valence-electron chi connectivity index (χ4n) is 3.01. The van der Waals surface area contributed by atoms with Gasteiger partial charge < -0.3 is 15.4 Å². The third-order valence-electron chi connectivity index (χ3n) is 4.42. The van der Waals surface area contributed by atoms with Crippen molar-refractivity contribution in [2.75, 3.05) is 11.9 Å². The van der Waals surface area contributed by atoms with E-state index in [0.717, 1.165) is 16.6 Å². The van der Waals surface area contributed by atoms with Gasteiger partial charge in [-0.2, -0.15) is 10.1 Å². The Kier molecular flexibility index (Phi) is 5.78. The van der Waals surface area contributed by atoms with Gasteiger partial charge in [0, 0.05) is 22.7 Å². The van der Waals surface area contributed by atoms with E-state index in [-0.39, 0.29) is 30.7 Å². The van der Waals surface area contributed by atoms with E-state index >= 15 is 0 Å². The average molecular weight is 423 g/mol. The van der Waals surface area contributed by atoms with Gasteiger partial charge in [0.1, 0.15) is 0 Å². The van der Waals surface area contributed by atoms with Crippen molar-refractivity contribution in [3.63, 3.8) is 0 Å². The number of aromatic amines is 2. The van der Waals surface area contributed by atoms with Gasteiger partial charge in [0.25, 0.3) is 0 Å². The molecule has 2 aromatic carbocycles. The number of nitrogens with one attached hydrogen (secondary N) is 4. The van der Waals surface area contributed by atoms with Gasteiger partial charge in [-0.25, -0.2) is 4.39 Å². The number of nitrogens with zero attached hydrogens (tertiary/aromatic N) is 3. The zero-order chi connectivity index (χ0) is 21.8. The Balaban J connectivity index is 1.39. The molecule has 0 spiro atoms. The van der Waals surface area contributed by atoms with E-state index in [1.165, 1.54) is 12.1 Å². The van der Waals surface area contributed by atoms with Crippen LogP contribution in [0.1, 0.15) is 20.3 Å². The number of halogens is 1. The van der Waals surface area contributed by atoms with Crippen molar-refractivity contribution in [2.45, 2.75) is 26.3 Å². The summed E-state index contributed by atoms with van der Waals surface area (Å²) in [6.45, 7) is 3.84. The fourth-order valence-corrected chi connectivity index (χ4v) is 3.01. The monoisotopic (exact) mass is 423 g/mol. The van der Waals surface area contributed by atoms with E-state index < -0.39 is 5.82 Å². The zero-order valence-electron chi connectivity index (χ0n) is 17.1. The maximum absolute atomic E-state index is 14.4. The Bertz CT molecular complexity index is 1200. The second-order valence-electron chi connectivity index (χ2n) is 7.27. The molecular weight excluding hydrogens is 401 g/mol. The molecule has 2 aromatic heterocycles. The molecule has 0 aliphatic heterocycles. The Morgan fingerprint density at radius 1 is 1.19 bits per heavy atom. The summed E-state index contributed by atoms with van der Waals surface area (Å²) in [6.07, 6.45) is 1.88. The first kappa shape index (κ1) is 20.3. The first-order valence-corrected chi connectivity index (χ1v) is 9.82. The van der Waals surface area contributed by atoms with Crippen molar-refractivity contribution >= 4 is 28.4 Å². The minimum atomic E-state index is -0.543. The molecule has 0 bridgehead atoms. The predicted molar refractivity (Wildman–Crippen MR) is 115 cm³/mol. The maximum Gasteiger partial charge on any atom is 0.246 e. The molecule has 2 heterocycles. The number of carbonyl (C=O) groups is 1. The summed E-state index contributed by atoms with van der Waals surface area (Å²) >= 11 is 0. The van der Waals surface area contributed by atoms with Gasteiger partial charge in [0.15, 0.2) is 17.4 Å². The molecule has 4 N–H and O–H groups in total. The van der Waals surface area contributed by atoms with Crippen molar-refractivity contribution in [1.82, 2.24) is 30.7 Å². The molecule has 0 radical (unpaired) electrons. The molecule has 0 atom stereocenters. The van der Waals surface area contributed by atoms with Gasteiger partial charge in [0.2, 0.25) is 11.9 Å². The molecule has 0 aliphatic carbocycles. The largest absolute Gasteiger partial charge is 0.490 e. The van der Waals surface area contributed by atoms with Crippen LogP contribution in [-0.2, 0) is 4.79 Å². The van der Waals surface area contributed by atoms with Crippen LogP contribution in [-0.4, -0.2) is 43.9 Å². The van der Waals surface area contributed by atoms with Crippen molar-refractivity contribution in [1.29, 1.82) is 0 Å². The molecule has 160 valence electrons. The third-order valence-corrected chi connectivity index (χ3v) is 4.42. The number of ether oxygens (including phenoxy) is 1. The van der Waals surface area contributed by atoms with Crippen LogP contribution in [0.4, 0.5) is 16.0 Å². The zero-order valence-corrected chi connectivity index (χ0v) is 17.1. The summed E-state index contributed by atoms with van der Waals surface area (Å²) in [5, 5.41) is 20.6. The number of anilines is 2. The summed E-state index contributed by atoms with van der Waals surface area (Å²) in [4.78, 5) is 16.0. The van der Waals surface area contributed by atoms with Gasteiger partial charge >= 0.3 is 0 Å². The number of H-pyrrole nitrogens is 2. The lowest BCUT2D eigenvalue weighted by atomic mass is 10.2. The predicted octanol–water partition coefficient (Wildman–Crippen LogP) is 3.52. The van der Waals surface area contributed by atoms with Gasteiger partial charge in [-0.3, -0.25) is 15.0 Å². The van der Waals surface area contributed by atoms with Crippen LogP contribution in [0.5, 0.6) is 5.75 Å². The highest BCUT2D eigenvalue weighted by molar-refractivity contribution is 5.82. The molecule has 4 rings (SSSR count). The van der Waals surface area contributed by atoms with Gasteiger partial charge in [-0.15, -0.1) is 5.10 Å². The minimum Gasteiger partial charge on any atom is -0.490 e. The quantitative estimate of drug-likeness (QED) is 0.344. The van der Waals surface area contributed by atoms with Crippen LogP contribution in [0, 0.1) is 5.82 Å². The highest BCUT2D eigenvalue weighted by atomic mass is 19.1. The van der Waals surface area contributed by atoms with Crippen LogP contribution in [0.15, 0.2) is 42.6 Å². The molecule has 4 aromatic rings. The topological polar surface area (TPSA) is 121 Å². The molecule has 10 heteroatoms. The summed E-state index contributed by atoms with van der Waals surface area (Å²) in [6, 6.07) is 10.2. The summed E-state index contributed by atoms with van der Waals surface area (Å²) < 4.78 is 19.8. The van der Waals surface area contributed by atoms with Crippen molar-refractivity contribution in [2.24, 2.45) is 0 Å². The van der Waals surface area contributed by atoms with E-state index in [1.807, 2.05) is 32.0 Å². The number of benzene rings is 2. The van der Waals surface area contributed by atoms with Crippen molar-refractivity contribution in [3.8, 4) is 17.1 Å². The smallest absolute Gasteiger partial charge is 0.246 e. The lowest BCUT2D eigenvalue weighted by Crippen LogP contribution is -2.31. The number of hydrogen-bond acceptors (Lipinski definition) is 6. The third kappa shape index (κ3) is 4.97. The van der Waals surface area contributed by atoms with Crippen LogP contribution >= 0.6 is 0 Å². The fraction of sp³-hybridized carbons (Fsp3) is 0.238. The average Bonchev–Trinajstić information content (AvgIpc) is 3.38. The molecule has 0 fully saturated rings. The van der Waals surface area contributed by atoms with Crippen molar-refractivity contribution < 1.29 is 13.9 Å². The molecule has 0 unspecified atom stereocenters. The standard InChI is InChI=1S/C21H22FN7O2/c1-12(2)24-19(30)7-8-31-18-6-3-13(10-16(18)22)20-26-21(29-28-20)25-15-4-5-17-14(9-15)11-23-27-17/h3-6,9-12H,7-8H2,1-2H3,(H,23,27)(H,24,30)(H2,25,26,28,29). The van der Waals surface area contributed by atoms with Crippen LogP contribution in [0.3, 0.4) is 0 Å². The minimum absolute atomic E-state index is 0.0540. The Labute approximate surface area is 177 Å². The van der Waals surface area contributed by atoms with Crippen LogP contribution < -0.4 is 15.4 Å². The van der Waals surface area contributed by atoms with Crippen LogP contribution in [0.2, 0.25) is 0 Å². The molecule has 0 saturated heterocycles. The van der Waals surface area contributed by atoms with Crippen molar-refractivity contribution in [3.05, 3.63) is 48.4 Å². The summed E-state index contributed by atoms with van der Waals surface area (Å²) in [7, 11) is 0. The molecule has 31 heavy (non-hydrogen) atoms. The summed E-state index contributed by atoms with van der Waals surface area (Å²) in [5.74, 6) is 0.162. The second kappa shape index (κ2) is 8.82. The summed E-state index contributed by atoms with van der Waals surface area (Å²) in [5.41, 5.74) is 2.25. The van der Waals surface area contributed by atoms with Gasteiger partial charge in [-0.05, 0) is 50.2 Å². The highest BCUT2D eigenvalue weighted by Crippen LogP contribution is 2.25. The number of fused-ring (bicyclic) bond motifs is 1. The number of hydrogen-bond donors (Lipinski definition) is 4. The molecule has 0 saturated carbocycles. The van der Waals surface area contributed by atoms with E-state index in [1.54, 1.807) is 12.3 Å². The molecule has 9 nitrogen and oxygen atoms in total. The van der Waals surface area contributed by atoms with E-state index in [4.69, 9.17) is 4.74 Å². The van der Waals surface area contributed by atoms with Crippen LogP contribution in [0.25, 0.3) is 22.3 Å². The normalized spacial score (nSPS) is 11.1. The number of amides is 1. The van der Waals surface area contributed by atoms with E-state index in [2.05, 4.69) is 36.0 Å². The Hall–Kier alpha value is -3.95. The Morgan fingerprint density at radius 3 is 2.87 bits per heavy atom. The van der Waals surface area contributed by atoms with Gasteiger partial charge in [0.05, 0.1) is 24.7 Å². The van der Waals surface area contributed by atoms with E-state index in [0.29, 0.717) is 17.3 Å². The Morgan fingerprint density at radius 2 is 2.06 bits per heavy atom. The highest BCUT2D eigenvalue weighted by Gasteiger charge is 2.11. The maximum atomic E-state index is 14.4.